The van der Waals surface area contributed by atoms with Crippen LogP contribution in [0.5, 0.6) is 0 Å². The van der Waals surface area contributed by atoms with E-state index in [0.29, 0.717) is 0 Å². The fourth-order valence-corrected chi connectivity index (χ4v) is 1.95. The number of hydrogen-bond donors (Lipinski definition) is 0. The molecule has 1 aromatic heterocycles. The van der Waals surface area contributed by atoms with Crippen molar-refractivity contribution in [2.75, 3.05) is 4.90 Å². The van der Waals surface area contributed by atoms with E-state index in [-0.39, 0.29) is 0 Å². The van der Waals surface area contributed by atoms with Gasteiger partial charge in [0.25, 0.3) is 0 Å². The van der Waals surface area contributed by atoms with Gasteiger partial charge >= 0.3 is 0 Å². The number of hydrogen-bond acceptors (Lipinski definition) is 2. The zero-order chi connectivity index (χ0) is 12.2. The molecule has 0 aliphatic rings. The zero-order valence-electron chi connectivity index (χ0n) is 9.86. The van der Waals surface area contributed by atoms with Crippen molar-refractivity contribution in [3.8, 4) is 0 Å². The highest BCUT2D eigenvalue weighted by Gasteiger charge is 2.13. The molecule has 0 radical (unpaired) electrons. The molecular weight excluding hydrogens is 222 g/mol. The number of rotatable bonds is 3. The number of benzene rings is 2. The highest BCUT2D eigenvalue weighted by atomic mass is 16.3. The Morgan fingerprint density at radius 2 is 1.17 bits per heavy atom. The van der Waals surface area contributed by atoms with E-state index in [4.69, 9.17) is 4.42 Å². The molecule has 3 aromatic rings. The van der Waals surface area contributed by atoms with Gasteiger partial charge in [0, 0.05) is 17.4 Å². The molecule has 0 saturated heterocycles. The van der Waals surface area contributed by atoms with E-state index in [0.717, 1.165) is 17.3 Å². The lowest BCUT2D eigenvalue weighted by Crippen LogP contribution is -2.08. The molecule has 0 saturated carbocycles. The van der Waals surface area contributed by atoms with E-state index in [1.807, 2.05) is 48.5 Å². The number of nitrogens with zero attached hydrogens (tertiary/aromatic N) is 1. The summed E-state index contributed by atoms with van der Waals surface area (Å²) < 4.78 is 5.53. The lowest BCUT2D eigenvalue weighted by Gasteiger charge is -2.22. The van der Waals surface area contributed by atoms with Gasteiger partial charge in [0.15, 0.2) is 0 Å². The van der Waals surface area contributed by atoms with Crippen LogP contribution in [0.15, 0.2) is 83.5 Å². The van der Waals surface area contributed by atoms with E-state index < -0.39 is 0 Å². The van der Waals surface area contributed by atoms with Crippen molar-refractivity contribution in [3.63, 3.8) is 0 Å². The Bertz CT molecular complexity index is 548. The third-order valence-corrected chi connectivity index (χ3v) is 2.76. The second-order valence-electron chi connectivity index (χ2n) is 3.96. The minimum Gasteiger partial charge on any atom is -0.448 e. The molecule has 0 aliphatic heterocycles. The minimum absolute atomic E-state index is 0.812. The smallest absolute Gasteiger partial charge is 0.204 e. The molecule has 88 valence electrons. The molecule has 2 aromatic carbocycles. The molecule has 2 heteroatoms. The lowest BCUT2D eigenvalue weighted by atomic mass is 10.2. The topological polar surface area (TPSA) is 16.4 Å². The van der Waals surface area contributed by atoms with Gasteiger partial charge in [-0.15, -0.1) is 0 Å². The van der Waals surface area contributed by atoms with E-state index in [9.17, 15) is 0 Å². The van der Waals surface area contributed by atoms with Gasteiger partial charge in [-0.05, 0) is 30.3 Å². The quantitative estimate of drug-likeness (QED) is 0.651. The van der Waals surface area contributed by atoms with Crippen molar-refractivity contribution in [1.82, 2.24) is 0 Å². The SMILES string of the molecule is c1ccc(N(c2ccccc2)c2ccco2)cc1. The Balaban J connectivity index is 2.11. The molecule has 0 N–H and O–H groups in total. The Hall–Kier alpha value is -2.48. The predicted molar refractivity (Wildman–Crippen MR) is 73.4 cm³/mol. The van der Waals surface area contributed by atoms with Gasteiger partial charge in [-0.1, -0.05) is 36.4 Å². The van der Waals surface area contributed by atoms with Crippen molar-refractivity contribution >= 4 is 17.3 Å². The van der Waals surface area contributed by atoms with E-state index >= 15 is 0 Å². The zero-order valence-corrected chi connectivity index (χ0v) is 9.86. The third-order valence-electron chi connectivity index (χ3n) is 2.76. The van der Waals surface area contributed by atoms with Crippen molar-refractivity contribution in [2.24, 2.45) is 0 Å². The first kappa shape index (κ1) is 10.7. The van der Waals surface area contributed by atoms with Gasteiger partial charge in [0.2, 0.25) is 5.88 Å². The molecule has 18 heavy (non-hydrogen) atoms. The summed E-state index contributed by atoms with van der Waals surface area (Å²) >= 11 is 0. The summed E-state index contributed by atoms with van der Waals surface area (Å²) in [7, 11) is 0. The lowest BCUT2D eigenvalue weighted by molar-refractivity contribution is 0.574. The normalized spacial score (nSPS) is 10.2. The van der Waals surface area contributed by atoms with Crippen LogP contribution in [0.4, 0.5) is 17.3 Å². The summed E-state index contributed by atoms with van der Waals surface area (Å²) in [6.45, 7) is 0. The molecule has 0 fully saturated rings. The van der Waals surface area contributed by atoms with Crippen molar-refractivity contribution < 1.29 is 4.42 Å². The van der Waals surface area contributed by atoms with E-state index in [2.05, 4.69) is 29.2 Å². The largest absolute Gasteiger partial charge is 0.448 e. The molecule has 0 bridgehead atoms. The highest BCUT2D eigenvalue weighted by molar-refractivity contribution is 5.73. The summed E-state index contributed by atoms with van der Waals surface area (Å²) in [6, 6.07) is 24.2. The maximum Gasteiger partial charge on any atom is 0.204 e. The molecular formula is C16H13NO. The molecule has 0 atom stereocenters. The van der Waals surface area contributed by atoms with Crippen LogP contribution in [0.25, 0.3) is 0 Å². The van der Waals surface area contributed by atoms with Crippen LogP contribution < -0.4 is 4.90 Å². The van der Waals surface area contributed by atoms with Crippen LogP contribution in [-0.2, 0) is 0 Å². The number of anilines is 3. The molecule has 0 unspecified atom stereocenters. The molecule has 0 amide bonds. The Labute approximate surface area is 106 Å². The monoisotopic (exact) mass is 235 g/mol. The maximum absolute atomic E-state index is 5.53. The average Bonchev–Trinajstić information content (AvgIpc) is 2.95. The van der Waals surface area contributed by atoms with Gasteiger partial charge < -0.3 is 4.42 Å². The molecule has 3 rings (SSSR count). The maximum atomic E-state index is 5.53. The standard InChI is InChI=1S/C16H13NO/c1-3-8-14(9-4-1)17(16-12-7-13-18-16)15-10-5-2-6-11-15/h1-13H. The van der Waals surface area contributed by atoms with Crippen LogP contribution in [0.2, 0.25) is 0 Å². The second kappa shape index (κ2) is 4.80. The van der Waals surface area contributed by atoms with E-state index in [1.165, 1.54) is 0 Å². The number of para-hydroxylation sites is 2. The summed E-state index contributed by atoms with van der Waals surface area (Å²) in [4.78, 5) is 2.08. The Morgan fingerprint density at radius 1 is 0.611 bits per heavy atom. The van der Waals surface area contributed by atoms with Crippen LogP contribution in [0, 0.1) is 0 Å². The van der Waals surface area contributed by atoms with Crippen molar-refractivity contribution in [3.05, 3.63) is 79.1 Å². The summed E-state index contributed by atoms with van der Waals surface area (Å²) in [5, 5.41) is 0. The Morgan fingerprint density at radius 3 is 1.61 bits per heavy atom. The first-order valence-corrected chi connectivity index (χ1v) is 5.89. The first-order valence-electron chi connectivity index (χ1n) is 5.89. The van der Waals surface area contributed by atoms with E-state index in [1.54, 1.807) is 6.26 Å². The van der Waals surface area contributed by atoms with Crippen molar-refractivity contribution in [1.29, 1.82) is 0 Å². The van der Waals surface area contributed by atoms with Crippen LogP contribution in [0.1, 0.15) is 0 Å². The highest BCUT2D eigenvalue weighted by Crippen LogP contribution is 2.33. The summed E-state index contributed by atoms with van der Waals surface area (Å²) in [5.41, 5.74) is 2.16. The molecule has 0 aliphatic carbocycles. The fourth-order valence-electron chi connectivity index (χ4n) is 1.95. The van der Waals surface area contributed by atoms with Crippen LogP contribution in [0.3, 0.4) is 0 Å². The summed E-state index contributed by atoms with van der Waals surface area (Å²) in [6.07, 6.45) is 1.69. The van der Waals surface area contributed by atoms with Gasteiger partial charge in [0.05, 0.1) is 6.26 Å². The Kier molecular flexibility index (Phi) is 2.84. The number of furan rings is 1. The summed E-state index contributed by atoms with van der Waals surface area (Å²) in [5.74, 6) is 0.812. The van der Waals surface area contributed by atoms with Crippen LogP contribution >= 0.6 is 0 Å². The molecule has 2 nitrogen and oxygen atoms in total. The average molecular weight is 235 g/mol. The van der Waals surface area contributed by atoms with Gasteiger partial charge in [-0.2, -0.15) is 0 Å². The van der Waals surface area contributed by atoms with Gasteiger partial charge in [0.1, 0.15) is 0 Å². The minimum atomic E-state index is 0.812. The van der Waals surface area contributed by atoms with Gasteiger partial charge in [-0.3, -0.25) is 4.90 Å². The first-order chi connectivity index (χ1) is 8.95. The second-order valence-corrected chi connectivity index (χ2v) is 3.96. The third kappa shape index (κ3) is 2.00. The van der Waals surface area contributed by atoms with Crippen LogP contribution in [-0.4, -0.2) is 0 Å². The fraction of sp³-hybridized carbons (Fsp3) is 0. The molecule has 0 spiro atoms. The van der Waals surface area contributed by atoms with Crippen molar-refractivity contribution in [2.45, 2.75) is 0 Å². The predicted octanol–water partition coefficient (Wildman–Crippen LogP) is 4.75. The van der Waals surface area contributed by atoms with Gasteiger partial charge in [-0.25, -0.2) is 0 Å². The molecule has 1 heterocycles.